The van der Waals surface area contributed by atoms with E-state index in [-0.39, 0.29) is 11.7 Å². The van der Waals surface area contributed by atoms with E-state index < -0.39 is 0 Å². The van der Waals surface area contributed by atoms with Crippen LogP contribution in [0.3, 0.4) is 0 Å². The number of hydrogen-bond acceptors (Lipinski definition) is 5. The van der Waals surface area contributed by atoms with Crippen molar-refractivity contribution in [1.82, 2.24) is 20.2 Å². The van der Waals surface area contributed by atoms with Gasteiger partial charge in [-0.25, -0.2) is 4.68 Å². The van der Waals surface area contributed by atoms with Crippen LogP contribution in [-0.4, -0.2) is 33.1 Å². The molecule has 1 aromatic carbocycles. The number of nitrogens with two attached hydrogens (primary N) is 1. The molecule has 0 saturated carbocycles. The number of unbranched alkanes of at least 4 members (excludes halogenated alkanes) is 1. The zero-order valence-electron chi connectivity index (χ0n) is 12.3. The van der Waals surface area contributed by atoms with E-state index in [1.165, 1.54) is 16.4 Å². The number of benzene rings is 1. The van der Waals surface area contributed by atoms with Gasteiger partial charge in [0.25, 0.3) is 0 Å². The molecule has 0 spiro atoms. The van der Waals surface area contributed by atoms with Crippen molar-refractivity contribution in [3.8, 4) is 11.4 Å². The summed E-state index contributed by atoms with van der Waals surface area (Å²) >= 11 is 7.21. The number of hydrogen-bond donors (Lipinski definition) is 2. The molecule has 0 atom stereocenters. The first-order valence-corrected chi connectivity index (χ1v) is 8.34. The fourth-order valence-electron chi connectivity index (χ4n) is 1.79. The maximum absolute atomic E-state index is 11.7. The molecule has 2 aromatic rings. The molecule has 0 unspecified atom stereocenters. The number of carbonyl (C=O) groups is 1. The number of nitrogens with zero attached hydrogens (tertiary/aromatic N) is 3. The molecule has 1 heterocycles. The van der Waals surface area contributed by atoms with Crippen molar-refractivity contribution in [3.63, 3.8) is 0 Å². The lowest BCUT2D eigenvalue weighted by Crippen LogP contribution is -2.26. The number of amides is 1. The summed E-state index contributed by atoms with van der Waals surface area (Å²) in [5.41, 5.74) is 0.779. The van der Waals surface area contributed by atoms with E-state index in [1.807, 2.05) is 12.1 Å². The minimum absolute atomic E-state index is 0.0363. The smallest absolute Gasteiger partial charge is 0.230 e. The van der Waals surface area contributed by atoms with E-state index in [4.69, 9.17) is 17.4 Å². The third kappa shape index (κ3) is 4.38. The van der Waals surface area contributed by atoms with Crippen LogP contribution >= 0.6 is 23.4 Å². The van der Waals surface area contributed by atoms with E-state index in [9.17, 15) is 4.79 Å². The first kappa shape index (κ1) is 16.6. The van der Waals surface area contributed by atoms with Gasteiger partial charge in [0.2, 0.25) is 11.1 Å². The van der Waals surface area contributed by atoms with E-state index in [2.05, 4.69) is 22.4 Å². The molecule has 0 fully saturated rings. The van der Waals surface area contributed by atoms with E-state index >= 15 is 0 Å². The van der Waals surface area contributed by atoms with Crippen LogP contribution in [-0.2, 0) is 4.79 Å². The molecule has 1 aromatic heterocycles. The molecular formula is C14H18ClN5OS. The summed E-state index contributed by atoms with van der Waals surface area (Å²) in [6.45, 7) is 2.77. The third-order valence-corrected chi connectivity index (χ3v) is 4.11. The maximum Gasteiger partial charge on any atom is 0.230 e. The number of halogens is 1. The van der Waals surface area contributed by atoms with Gasteiger partial charge in [-0.05, 0) is 18.6 Å². The Balaban J connectivity index is 1.98. The molecule has 22 heavy (non-hydrogen) atoms. The minimum atomic E-state index is -0.0363. The summed E-state index contributed by atoms with van der Waals surface area (Å²) in [6, 6.07) is 7.21. The standard InChI is InChI=1S/C14H18ClN5OS/c1-2-3-7-17-12(21)9-22-14-19-18-13(20(14)16)10-5-4-6-11(15)8-10/h4-6,8H,2-3,7,9,16H2,1H3,(H,17,21). The number of rotatable bonds is 7. The van der Waals surface area contributed by atoms with Crippen molar-refractivity contribution < 1.29 is 4.79 Å². The van der Waals surface area contributed by atoms with Gasteiger partial charge in [-0.1, -0.05) is 48.8 Å². The Kier molecular flexibility index (Phi) is 6.09. The largest absolute Gasteiger partial charge is 0.355 e. The van der Waals surface area contributed by atoms with Crippen molar-refractivity contribution >= 4 is 29.3 Å². The van der Waals surface area contributed by atoms with E-state index in [0.29, 0.717) is 22.5 Å². The highest BCUT2D eigenvalue weighted by molar-refractivity contribution is 7.99. The Labute approximate surface area is 138 Å². The van der Waals surface area contributed by atoms with Crippen molar-refractivity contribution in [3.05, 3.63) is 29.3 Å². The molecule has 0 aliphatic heterocycles. The summed E-state index contributed by atoms with van der Waals surface area (Å²) in [6.07, 6.45) is 2.02. The Bertz CT molecular complexity index is 646. The molecule has 1 amide bonds. The number of nitrogens with one attached hydrogen (secondary N) is 1. The Morgan fingerprint density at radius 1 is 1.45 bits per heavy atom. The number of carbonyl (C=O) groups excluding carboxylic acids is 1. The SMILES string of the molecule is CCCCNC(=O)CSc1nnc(-c2cccc(Cl)c2)n1N. The molecule has 0 radical (unpaired) electrons. The predicted octanol–water partition coefficient (Wildman–Crippen LogP) is 2.32. The topological polar surface area (TPSA) is 85.8 Å². The van der Waals surface area contributed by atoms with Crippen LogP contribution in [0.2, 0.25) is 5.02 Å². The molecule has 8 heteroatoms. The van der Waals surface area contributed by atoms with Crippen molar-refractivity contribution in [1.29, 1.82) is 0 Å². The van der Waals surface area contributed by atoms with Crippen LogP contribution in [0.5, 0.6) is 0 Å². The van der Waals surface area contributed by atoms with Gasteiger partial charge in [0.1, 0.15) is 0 Å². The Morgan fingerprint density at radius 3 is 3.00 bits per heavy atom. The van der Waals surface area contributed by atoms with Gasteiger partial charge in [-0.15, -0.1) is 10.2 Å². The fourth-order valence-corrected chi connectivity index (χ4v) is 2.66. The van der Waals surface area contributed by atoms with Crippen molar-refractivity contribution in [2.24, 2.45) is 0 Å². The summed E-state index contributed by atoms with van der Waals surface area (Å²) < 4.78 is 1.37. The molecule has 6 nitrogen and oxygen atoms in total. The third-order valence-electron chi connectivity index (χ3n) is 2.93. The normalized spacial score (nSPS) is 10.6. The van der Waals surface area contributed by atoms with Gasteiger partial charge in [-0.2, -0.15) is 0 Å². The van der Waals surface area contributed by atoms with Crippen LogP contribution < -0.4 is 11.2 Å². The van der Waals surface area contributed by atoms with Gasteiger partial charge < -0.3 is 11.2 Å². The summed E-state index contributed by atoms with van der Waals surface area (Å²) in [4.78, 5) is 11.7. The number of thioether (sulfide) groups is 1. The Morgan fingerprint density at radius 2 is 2.27 bits per heavy atom. The predicted molar refractivity (Wildman–Crippen MR) is 89.3 cm³/mol. The molecule has 0 aliphatic carbocycles. The molecule has 0 saturated heterocycles. The first-order chi connectivity index (χ1) is 10.6. The highest BCUT2D eigenvalue weighted by Crippen LogP contribution is 2.23. The van der Waals surface area contributed by atoms with Gasteiger partial charge in [0, 0.05) is 17.1 Å². The van der Waals surface area contributed by atoms with Gasteiger partial charge >= 0.3 is 0 Å². The second-order valence-electron chi connectivity index (χ2n) is 4.68. The summed E-state index contributed by atoms with van der Waals surface area (Å²) in [7, 11) is 0. The maximum atomic E-state index is 11.7. The van der Waals surface area contributed by atoms with Crippen molar-refractivity contribution in [2.75, 3.05) is 18.1 Å². The zero-order chi connectivity index (χ0) is 15.9. The molecule has 0 bridgehead atoms. The monoisotopic (exact) mass is 339 g/mol. The lowest BCUT2D eigenvalue weighted by atomic mass is 10.2. The minimum Gasteiger partial charge on any atom is -0.355 e. The van der Waals surface area contributed by atoms with Crippen molar-refractivity contribution in [2.45, 2.75) is 24.9 Å². The van der Waals surface area contributed by atoms with Gasteiger partial charge in [0.05, 0.1) is 5.75 Å². The Hall–Kier alpha value is -1.73. The fraction of sp³-hybridized carbons (Fsp3) is 0.357. The van der Waals surface area contributed by atoms with Gasteiger partial charge in [0.15, 0.2) is 5.82 Å². The van der Waals surface area contributed by atoms with Gasteiger partial charge in [-0.3, -0.25) is 4.79 Å². The lowest BCUT2D eigenvalue weighted by Gasteiger charge is -2.05. The molecule has 118 valence electrons. The second-order valence-corrected chi connectivity index (χ2v) is 6.06. The van der Waals surface area contributed by atoms with Crippen LogP contribution in [0.15, 0.2) is 29.4 Å². The molecular weight excluding hydrogens is 322 g/mol. The number of nitrogen functional groups attached to an aromatic ring is 1. The lowest BCUT2D eigenvalue weighted by molar-refractivity contribution is -0.118. The van der Waals surface area contributed by atoms with E-state index in [1.54, 1.807) is 12.1 Å². The van der Waals surface area contributed by atoms with Crippen LogP contribution in [0.4, 0.5) is 0 Å². The first-order valence-electron chi connectivity index (χ1n) is 6.97. The average molecular weight is 340 g/mol. The summed E-state index contributed by atoms with van der Waals surface area (Å²) in [5.74, 6) is 6.72. The molecule has 2 rings (SSSR count). The summed E-state index contributed by atoms with van der Waals surface area (Å²) in [5, 5.41) is 12.0. The van der Waals surface area contributed by atoms with E-state index in [0.717, 1.165) is 18.4 Å². The zero-order valence-corrected chi connectivity index (χ0v) is 13.8. The quantitative estimate of drug-likeness (QED) is 0.459. The number of aromatic nitrogens is 3. The highest BCUT2D eigenvalue weighted by atomic mass is 35.5. The van der Waals surface area contributed by atoms with Crippen LogP contribution in [0.25, 0.3) is 11.4 Å². The second kappa shape index (κ2) is 8.05. The average Bonchev–Trinajstić information content (AvgIpc) is 2.86. The van der Waals surface area contributed by atoms with Crippen LogP contribution in [0.1, 0.15) is 19.8 Å². The molecule has 0 aliphatic rings. The molecule has 3 N–H and O–H groups in total. The highest BCUT2D eigenvalue weighted by Gasteiger charge is 2.13. The van der Waals surface area contributed by atoms with Crippen LogP contribution in [0, 0.1) is 0 Å².